The lowest BCUT2D eigenvalue weighted by Crippen LogP contribution is -2.48. The van der Waals surface area contributed by atoms with Gasteiger partial charge in [0.2, 0.25) is 0 Å². The van der Waals surface area contributed by atoms with Gasteiger partial charge in [0.05, 0.1) is 11.7 Å². The largest absolute Gasteiger partial charge is 0.457 e. The average molecular weight is 571 g/mol. The van der Waals surface area contributed by atoms with Crippen molar-refractivity contribution in [3.8, 4) is 17.2 Å². The standard InChI is InChI=1S/C36H38N6O/c1-27-17-19-32(20-18-27)43-33-16-8-15-31(26-33)35(36-37-38-39-42(36)34-28(2)10-7-11-29(34)3)41-24-22-40(23-25-41)21-9-14-30-12-5-4-6-13-30/h4-20,26,35H,21-25H2,1-3H3/b14-9+/t35-/m0/s1. The van der Waals surface area contributed by atoms with Gasteiger partial charge in [-0.15, -0.1) is 5.10 Å². The number of benzene rings is 4. The molecule has 7 heteroatoms. The van der Waals surface area contributed by atoms with Gasteiger partial charge in [0.25, 0.3) is 0 Å². The summed E-state index contributed by atoms with van der Waals surface area (Å²) in [5, 5.41) is 13.3. The van der Waals surface area contributed by atoms with Gasteiger partial charge >= 0.3 is 0 Å². The number of nitrogens with zero attached hydrogens (tertiary/aromatic N) is 6. The zero-order chi connectivity index (χ0) is 29.6. The summed E-state index contributed by atoms with van der Waals surface area (Å²) in [4.78, 5) is 5.00. The molecule has 0 radical (unpaired) electrons. The summed E-state index contributed by atoms with van der Waals surface area (Å²) in [5.41, 5.74) is 6.84. The lowest BCUT2D eigenvalue weighted by Gasteiger charge is -2.38. The van der Waals surface area contributed by atoms with Crippen molar-refractivity contribution >= 4 is 6.08 Å². The van der Waals surface area contributed by atoms with Gasteiger partial charge in [-0.05, 0) is 77.7 Å². The molecule has 0 unspecified atom stereocenters. The fraction of sp³-hybridized carbons (Fsp3) is 0.250. The minimum atomic E-state index is -0.141. The number of aromatic nitrogens is 4. The Morgan fingerprint density at radius 1 is 0.767 bits per heavy atom. The molecular weight excluding hydrogens is 532 g/mol. The van der Waals surface area contributed by atoms with E-state index in [4.69, 9.17) is 4.74 Å². The normalized spacial score (nSPS) is 15.1. The number of piperazine rings is 1. The Labute approximate surface area is 254 Å². The second-order valence-electron chi connectivity index (χ2n) is 11.2. The molecule has 0 N–H and O–H groups in total. The van der Waals surface area contributed by atoms with Crippen LogP contribution in [0.2, 0.25) is 0 Å². The molecule has 5 aromatic rings. The Kier molecular flexibility index (Phi) is 8.72. The van der Waals surface area contributed by atoms with Crippen molar-refractivity contribution in [2.75, 3.05) is 32.7 Å². The van der Waals surface area contributed by atoms with Crippen LogP contribution in [0.3, 0.4) is 0 Å². The van der Waals surface area contributed by atoms with Crippen molar-refractivity contribution in [2.24, 2.45) is 0 Å². The number of tetrazole rings is 1. The summed E-state index contributed by atoms with van der Waals surface area (Å²) in [6.45, 7) is 10.9. The highest BCUT2D eigenvalue weighted by Crippen LogP contribution is 2.33. The lowest BCUT2D eigenvalue weighted by atomic mass is 10.0. The van der Waals surface area contributed by atoms with Crippen LogP contribution in [-0.4, -0.2) is 62.7 Å². The van der Waals surface area contributed by atoms with Gasteiger partial charge in [0.15, 0.2) is 5.82 Å². The second kappa shape index (κ2) is 13.2. The quantitative estimate of drug-likeness (QED) is 0.194. The molecule has 7 nitrogen and oxygen atoms in total. The fourth-order valence-electron chi connectivity index (χ4n) is 5.78. The number of para-hydroxylation sites is 1. The van der Waals surface area contributed by atoms with E-state index in [0.29, 0.717) is 0 Å². The Bertz CT molecular complexity index is 1650. The zero-order valence-corrected chi connectivity index (χ0v) is 25.1. The van der Waals surface area contributed by atoms with Crippen LogP contribution in [-0.2, 0) is 0 Å². The highest BCUT2D eigenvalue weighted by atomic mass is 16.5. The van der Waals surface area contributed by atoms with Crippen molar-refractivity contribution in [2.45, 2.75) is 26.8 Å². The van der Waals surface area contributed by atoms with E-state index in [0.717, 1.165) is 72.4 Å². The van der Waals surface area contributed by atoms with Gasteiger partial charge in [-0.3, -0.25) is 9.80 Å². The van der Waals surface area contributed by atoms with Crippen molar-refractivity contribution in [1.82, 2.24) is 30.0 Å². The van der Waals surface area contributed by atoms with Crippen molar-refractivity contribution in [3.63, 3.8) is 0 Å². The van der Waals surface area contributed by atoms with E-state index in [1.165, 1.54) is 11.1 Å². The van der Waals surface area contributed by atoms with Crippen LogP contribution in [0.4, 0.5) is 0 Å². The third kappa shape index (κ3) is 6.74. The summed E-state index contributed by atoms with van der Waals surface area (Å²) >= 11 is 0. The summed E-state index contributed by atoms with van der Waals surface area (Å²) in [7, 11) is 0. The number of ether oxygens (including phenoxy) is 1. The summed E-state index contributed by atoms with van der Waals surface area (Å²) < 4.78 is 8.22. The monoisotopic (exact) mass is 570 g/mol. The molecule has 0 spiro atoms. The van der Waals surface area contributed by atoms with Gasteiger partial charge in [-0.2, -0.15) is 4.68 Å². The van der Waals surface area contributed by atoms with Crippen LogP contribution < -0.4 is 4.74 Å². The smallest absolute Gasteiger partial charge is 0.178 e. The maximum Gasteiger partial charge on any atom is 0.178 e. The molecule has 0 saturated carbocycles. The Morgan fingerprint density at radius 3 is 2.23 bits per heavy atom. The summed E-state index contributed by atoms with van der Waals surface area (Å²) in [6.07, 6.45) is 4.46. The van der Waals surface area contributed by atoms with Gasteiger partial charge < -0.3 is 4.74 Å². The molecule has 1 aliphatic rings. The van der Waals surface area contributed by atoms with Gasteiger partial charge in [-0.1, -0.05) is 90.5 Å². The number of hydrogen-bond donors (Lipinski definition) is 0. The minimum Gasteiger partial charge on any atom is -0.457 e. The SMILES string of the molecule is Cc1ccc(Oc2cccc([C@@H](c3nnnn3-c3c(C)cccc3C)N3CCN(C/C=C/c4ccccc4)CC3)c2)cc1. The molecule has 0 amide bonds. The van der Waals surface area contributed by atoms with Crippen LogP contribution in [0.5, 0.6) is 11.5 Å². The molecule has 2 heterocycles. The van der Waals surface area contributed by atoms with Crippen LogP contribution in [0.1, 0.15) is 39.7 Å². The van der Waals surface area contributed by atoms with E-state index in [-0.39, 0.29) is 6.04 Å². The van der Waals surface area contributed by atoms with E-state index in [1.807, 2.05) is 28.9 Å². The lowest BCUT2D eigenvalue weighted by molar-refractivity contribution is 0.113. The Hall–Kier alpha value is -4.59. The zero-order valence-electron chi connectivity index (χ0n) is 25.1. The van der Waals surface area contributed by atoms with Crippen LogP contribution >= 0.6 is 0 Å². The first kappa shape index (κ1) is 28.5. The third-order valence-corrected chi connectivity index (χ3v) is 8.07. The molecule has 0 bridgehead atoms. The van der Waals surface area contributed by atoms with Gasteiger partial charge in [0, 0.05) is 32.7 Å². The van der Waals surface area contributed by atoms with Crippen LogP contribution in [0, 0.1) is 20.8 Å². The van der Waals surface area contributed by atoms with Crippen LogP contribution in [0.15, 0.2) is 103 Å². The van der Waals surface area contributed by atoms with Crippen LogP contribution in [0.25, 0.3) is 11.8 Å². The van der Waals surface area contributed by atoms with Gasteiger partial charge in [-0.25, -0.2) is 0 Å². The second-order valence-corrected chi connectivity index (χ2v) is 11.2. The highest BCUT2D eigenvalue weighted by Gasteiger charge is 2.31. The fourth-order valence-corrected chi connectivity index (χ4v) is 5.78. The molecule has 1 fully saturated rings. The first-order chi connectivity index (χ1) is 21.0. The predicted molar refractivity (Wildman–Crippen MR) is 172 cm³/mol. The first-order valence-corrected chi connectivity index (χ1v) is 14.9. The van der Waals surface area contributed by atoms with Crippen molar-refractivity contribution < 1.29 is 4.74 Å². The third-order valence-electron chi connectivity index (χ3n) is 8.07. The molecule has 4 aromatic carbocycles. The Balaban J connectivity index is 1.29. The van der Waals surface area contributed by atoms with Crippen molar-refractivity contribution in [1.29, 1.82) is 0 Å². The van der Waals surface area contributed by atoms with E-state index in [9.17, 15) is 0 Å². The number of aryl methyl sites for hydroxylation is 3. The van der Waals surface area contributed by atoms with E-state index >= 15 is 0 Å². The Morgan fingerprint density at radius 2 is 1.49 bits per heavy atom. The molecule has 43 heavy (non-hydrogen) atoms. The molecular formula is C36H38N6O. The summed E-state index contributed by atoms with van der Waals surface area (Å²) in [5.74, 6) is 2.42. The molecule has 218 valence electrons. The molecule has 0 aliphatic carbocycles. The first-order valence-electron chi connectivity index (χ1n) is 14.9. The molecule has 1 aliphatic heterocycles. The van der Waals surface area contributed by atoms with E-state index < -0.39 is 0 Å². The average Bonchev–Trinajstić information content (AvgIpc) is 3.49. The predicted octanol–water partition coefficient (Wildman–Crippen LogP) is 6.80. The highest BCUT2D eigenvalue weighted by molar-refractivity contribution is 5.49. The molecule has 6 rings (SSSR count). The summed E-state index contributed by atoms with van der Waals surface area (Å²) in [6, 6.07) is 33.1. The molecule has 1 atom stereocenters. The van der Waals surface area contributed by atoms with Crippen molar-refractivity contribution in [3.05, 3.63) is 137 Å². The van der Waals surface area contributed by atoms with Gasteiger partial charge in [0.1, 0.15) is 11.5 Å². The number of rotatable bonds is 9. The van der Waals surface area contributed by atoms with E-state index in [2.05, 4.69) is 131 Å². The van der Waals surface area contributed by atoms with E-state index in [1.54, 1.807) is 0 Å². The molecule has 1 aromatic heterocycles. The number of hydrogen-bond acceptors (Lipinski definition) is 6. The molecule has 1 saturated heterocycles. The topological polar surface area (TPSA) is 59.3 Å². The maximum atomic E-state index is 6.29. The minimum absolute atomic E-state index is 0.141. The maximum absolute atomic E-state index is 6.29.